The Morgan fingerprint density at radius 2 is 0.953 bits per heavy atom. The van der Waals surface area contributed by atoms with Gasteiger partial charge in [0.1, 0.15) is 0 Å². The molecule has 0 fully saturated rings. The van der Waals surface area contributed by atoms with Crippen LogP contribution < -0.4 is 4.90 Å². The Bertz CT molecular complexity index is 2110. The molecule has 0 aliphatic heterocycles. The summed E-state index contributed by atoms with van der Waals surface area (Å²) in [6.45, 7) is 2.22. The van der Waals surface area contributed by atoms with Crippen molar-refractivity contribution >= 4 is 27.8 Å². The predicted octanol–water partition coefficient (Wildman–Crippen LogP) is 11.0. The molecule has 43 heavy (non-hydrogen) atoms. The Labute approximate surface area is 252 Å². The number of hydrogen-bond donors (Lipinski definition) is 0. The van der Waals surface area contributed by atoms with Crippen molar-refractivity contribution in [3.63, 3.8) is 0 Å². The summed E-state index contributed by atoms with van der Waals surface area (Å²) in [5.74, 6) is 0. The first-order chi connectivity index (χ1) is 21.3. The van der Waals surface area contributed by atoms with Crippen molar-refractivity contribution in [3.8, 4) is 22.3 Å². The molecule has 0 atom stereocenters. The highest BCUT2D eigenvalue weighted by molar-refractivity contribution is 6.12. The lowest BCUT2D eigenvalue weighted by molar-refractivity contribution is 0.793. The maximum Gasteiger partial charge on any atom is 0.0726 e. The molecule has 9 rings (SSSR count). The van der Waals surface area contributed by atoms with E-state index in [1.165, 1.54) is 66.5 Å². The lowest BCUT2D eigenvalue weighted by atomic mass is 9.70. The molecule has 7 aromatic rings. The lowest BCUT2D eigenvalue weighted by Crippen LogP contribution is -2.26. The molecule has 0 amide bonds. The van der Waals surface area contributed by atoms with Crippen molar-refractivity contribution in [2.24, 2.45) is 0 Å². The number of anilines is 3. The van der Waals surface area contributed by atoms with Gasteiger partial charge in [-0.3, -0.25) is 0 Å². The molecule has 2 aliphatic rings. The summed E-state index contributed by atoms with van der Waals surface area (Å²) in [6, 6.07) is 58.2. The minimum Gasteiger partial charge on any atom is -0.310 e. The predicted molar refractivity (Wildman–Crippen MR) is 180 cm³/mol. The first-order valence-electron chi connectivity index (χ1n) is 15.0. The largest absolute Gasteiger partial charge is 0.310 e. The Kier molecular flexibility index (Phi) is 5.10. The van der Waals surface area contributed by atoms with Gasteiger partial charge in [-0.25, -0.2) is 0 Å². The molecule has 0 radical (unpaired) electrons. The van der Waals surface area contributed by atoms with Gasteiger partial charge in [0.2, 0.25) is 0 Å². The molecule has 2 aliphatic carbocycles. The number of nitrogens with zero attached hydrogens (tertiary/aromatic N) is 1. The minimum atomic E-state index is -0.401. The summed E-state index contributed by atoms with van der Waals surface area (Å²) in [6.07, 6.45) is 0. The molecule has 0 N–H and O–H groups in total. The van der Waals surface area contributed by atoms with E-state index in [9.17, 15) is 0 Å². The maximum absolute atomic E-state index is 2.51. The number of rotatable bonds is 3. The SMILES string of the molecule is Cc1ccc2c(c1)C1(c3ccccc3-c3ccccc31)c1cc(N(c3ccccc3)c3ccccc3)c3ccccc3c1-2. The summed E-state index contributed by atoms with van der Waals surface area (Å²) in [7, 11) is 0. The zero-order valence-electron chi connectivity index (χ0n) is 24.0. The summed E-state index contributed by atoms with van der Waals surface area (Å²) in [4.78, 5) is 2.43. The fourth-order valence-electron chi connectivity index (χ4n) is 7.86. The molecule has 0 saturated carbocycles. The van der Waals surface area contributed by atoms with Crippen LogP contribution in [0.25, 0.3) is 33.0 Å². The Balaban J connectivity index is 1.48. The van der Waals surface area contributed by atoms with E-state index in [4.69, 9.17) is 0 Å². The average Bonchev–Trinajstić information content (AvgIpc) is 3.53. The summed E-state index contributed by atoms with van der Waals surface area (Å²) in [5, 5.41) is 2.54. The number of fused-ring (bicyclic) bond motifs is 12. The Hall–Kier alpha value is -5.40. The zero-order valence-corrected chi connectivity index (χ0v) is 24.0. The van der Waals surface area contributed by atoms with Crippen LogP contribution in [-0.2, 0) is 5.41 Å². The van der Waals surface area contributed by atoms with Crippen molar-refractivity contribution in [3.05, 3.63) is 186 Å². The fraction of sp³-hybridized carbons (Fsp3) is 0.0476. The van der Waals surface area contributed by atoms with E-state index in [1.54, 1.807) is 0 Å². The van der Waals surface area contributed by atoms with E-state index in [-0.39, 0.29) is 0 Å². The van der Waals surface area contributed by atoms with Crippen LogP contribution in [0.1, 0.15) is 27.8 Å². The number of hydrogen-bond acceptors (Lipinski definition) is 1. The van der Waals surface area contributed by atoms with Crippen LogP contribution >= 0.6 is 0 Å². The van der Waals surface area contributed by atoms with Crippen molar-refractivity contribution in [2.75, 3.05) is 4.90 Å². The van der Waals surface area contributed by atoms with Crippen molar-refractivity contribution in [2.45, 2.75) is 12.3 Å². The van der Waals surface area contributed by atoms with Gasteiger partial charge in [0.25, 0.3) is 0 Å². The Morgan fingerprint density at radius 3 is 1.58 bits per heavy atom. The summed E-state index contributed by atoms with van der Waals surface area (Å²) >= 11 is 0. The van der Waals surface area contributed by atoms with Gasteiger partial charge in [-0.05, 0) is 87.1 Å². The normalized spacial score (nSPS) is 13.4. The van der Waals surface area contributed by atoms with Crippen molar-refractivity contribution < 1.29 is 0 Å². The van der Waals surface area contributed by atoms with Gasteiger partial charge >= 0.3 is 0 Å². The van der Waals surface area contributed by atoms with Crippen LogP contribution in [0.4, 0.5) is 17.1 Å². The molecular weight excluding hydrogens is 518 g/mol. The maximum atomic E-state index is 2.51. The average molecular weight is 548 g/mol. The highest BCUT2D eigenvalue weighted by Gasteiger charge is 2.52. The summed E-state index contributed by atoms with van der Waals surface area (Å²) in [5.41, 5.74) is 15.2. The second-order valence-electron chi connectivity index (χ2n) is 11.8. The smallest absolute Gasteiger partial charge is 0.0726 e. The highest BCUT2D eigenvalue weighted by atomic mass is 15.1. The third-order valence-electron chi connectivity index (χ3n) is 9.50. The molecule has 0 heterocycles. The molecule has 0 saturated heterocycles. The van der Waals surface area contributed by atoms with Crippen LogP contribution in [0.15, 0.2) is 158 Å². The zero-order chi connectivity index (χ0) is 28.5. The molecular formula is C42H29N. The molecule has 7 aromatic carbocycles. The standard InChI is InChI=1S/C42H29N/c1-28-24-25-35-38(26-28)42(36-22-12-10-18-31(36)32-19-11-13-23-37(32)42)39-27-40(33-20-8-9-21-34(33)41(35)39)43(29-14-4-2-5-15-29)30-16-6-3-7-17-30/h2-27H,1H3. The van der Waals surface area contributed by atoms with Gasteiger partial charge in [0.15, 0.2) is 0 Å². The van der Waals surface area contributed by atoms with Gasteiger partial charge in [-0.1, -0.05) is 133 Å². The van der Waals surface area contributed by atoms with E-state index in [0.29, 0.717) is 0 Å². The van der Waals surface area contributed by atoms with Crippen LogP contribution in [0.2, 0.25) is 0 Å². The van der Waals surface area contributed by atoms with Crippen LogP contribution in [-0.4, -0.2) is 0 Å². The molecule has 1 nitrogen and oxygen atoms in total. The molecule has 1 spiro atoms. The van der Waals surface area contributed by atoms with Gasteiger partial charge in [0, 0.05) is 16.8 Å². The monoisotopic (exact) mass is 547 g/mol. The van der Waals surface area contributed by atoms with E-state index >= 15 is 0 Å². The van der Waals surface area contributed by atoms with Crippen molar-refractivity contribution in [1.82, 2.24) is 0 Å². The second kappa shape index (κ2) is 9.05. The van der Waals surface area contributed by atoms with Gasteiger partial charge < -0.3 is 4.90 Å². The van der Waals surface area contributed by atoms with Gasteiger partial charge in [0.05, 0.1) is 11.1 Å². The summed E-state index contributed by atoms with van der Waals surface area (Å²) < 4.78 is 0. The number of para-hydroxylation sites is 2. The van der Waals surface area contributed by atoms with Crippen LogP contribution in [0.5, 0.6) is 0 Å². The van der Waals surface area contributed by atoms with E-state index in [0.717, 1.165) is 11.4 Å². The second-order valence-corrected chi connectivity index (χ2v) is 11.8. The van der Waals surface area contributed by atoms with Crippen LogP contribution in [0.3, 0.4) is 0 Å². The number of aryl methyl sites for hydroxylation is 1. The molecule has 0 bridgehead atoms. The quantitative estimate of drug-likeness (QED) is 0.213. The fourth-order valence-corrected chi connectivity index (χ4v) is 7.86. The number of benzene rings is 7. The van der Waals surface area contributed by atoms with E-state index in [1.807, 2.05) is 0 Å². The van der Waals surface area contributed by atoms with Crippen molar-refractivity contribution in [1.29, 1.82) is 0 Å². The first-order valence-corrected chi connectivity index (χ1v) is 15.0. The third-order valence-corrected chi connectivity index (χ3v) is 9.50. The molecule has 0 unspecified atom stereocenters. The van der Waals surface area contributed by atoms with Gasteiger partial charge in [-0.15, -0.1) is 0 Å². The molecule has 1 heteroatoms. The minimum absolute atomic E-state index is 0.401. The molecule has 0 aromatic heterocycles. The van der Waals surface area contributed by atoms with Crippen LogP contribution in [0, 0.1) is 6.92 Å². The van der Waals surface area contributed by atoms with Gasteiger partial charge in [-0.2, -0.15) is 0 Å². The first kappa shape index (κ1) is 24.2. The Morgan fingerprint density at radius 1 is 0.419 bits per heavy atom. The molecule has 202 valence electrons. The lowest BCUT2D eigenvalue weighted by Gasteiger charge is -2.33. The van der Waals surface area contributed by atoms with E-state index < -0.39 is 5.41 Å². The highest BCUT2D eigenvalue weighted by Crippen LogP contribution is 2.64. The van der Waals surface area contributed by atoms with E-state index in [2.05, 4.69) is 170 Å². The topological polar surface area (TPSA) is 3.24 Å². The third kappa shape index (κ3) is 3.22.